The Labute approximate surface area is 148 Å². The van der Waals surface area contributed by atoms with Gasteiger partial charge in [-0.3, -0.25) is 0 Å². The van der Waals surface area contributed by atoms with Gasteiger partial charge in [-0.15, -0.1) is 0 Å². The van der Waals surface area contributed by atoms with E-state index >= 15 is 0 Å². The lowest BCUT2D eigenvalue weighted by Gasteiger charge is -2.23. The molecule has 0 aliphatic carbocycles. The molecule has 0 radical (unpaired) electrons. The predicted molar refractivity (Wildman–Crippen MR) is 91.9 cm³/mol. The zero-order valence-electron chi connectivity index (χ0n) is 13.8. The Morgan fingerprint density at radius 3 is 2.76 bits per heavy atom. The van der Waals surface area contributed by atoms with E-state index in [9.17, 15) is 8.78 Å². The van der Waals surface area contributed by atoms with E-state index in [4.69, 9.17) is 11.6 Å². The summed E-state index contributed by atoms with van der Waals surface area (Å²) in [5.41, 5.74) is 0.654. The first-order chi connectivity index (χ1) is 12.0. The van der Waals surface area contributed by atoms with Crippen molar-refractivity contribution in [1.29, 1.82) is 0 Å². The Hall–Kier alpha value is -2.28. The molecule has 1 unspecified atom stereocenters. The van der Waals surface area contributed by atoms with Crippen molar-refractivity contribution in [3.63, 3.8) is 0 Å². The molecular formula is C17H16ClF2N5. The zero-order chi connectivity index (χ0) is 17.7. The van der Waals surface area contributed by atoms with Crippen LogP contribution in [0.1, 0.15) is 18.9 Å². The maximum absolute atomic E-state index is 14.6. The van der Waals surface area contributed by atoms with Gasteiger partial charge in [0, 0.05) is 18.7 Å². The van der Waals surface area contributed by atoms with Crippen molar-refractivity contribution in [2.45, 2.75) is 20.3 Å². The summed E-state index contributed by atoms with van der Waals surface area (Å²) in [4.78, 5) is 10.4. The summed E-state index contributed by atoms with van der Waals surface area (Å²) in [7, 11) is 0. The van der Waals surface area contributed by atoms with Gasteiger partial charge in [-0.05, 0) is 37.0 Å². The summed E-state index contributed by atoms with van der Waals surface area (Å²) in [6, 6.07) is 2.34. The molecule has 1 atom stereocenters. The van der Waals surface area contributed by atoms with Crippen LogP contribution in [0, 0.1) is 24.5 Å². The summed E-state index contributed by atoms with van der Waals surface area (Å²) in [5.74, 6) is 0.371. The number of hydrogen-bond acceptors (Lipinski definition) is 4. The van der Waals surface area contributed by atoms with E-state index in [1.165, 1.54) is 29.9 Å². The number of anilines is 1. The van der Waals surface area contributed by atoms with Crippen LogP contribution in [-0.2, 0) is 0 Å². The van der Waals surface area contributed by atoms with Gasteiger partial charge in [-0.2, -0.15) is 19.6 Å². The minimum absolute atomic E-state index is 0.0764. The van der Waals surface area contributed by atoms with Gasteiger partial charge in [0.1, 0.15) is 28.9 Å². The molecule has 0 spiro atoms. The van der Waals surface area contributed by atoms with Gasteiger partial charge in [-0.1, -0.05) is 18.5 Å². The fourth-order valence-corrected chi connectivity index (χ4v) is 3.55. The molecule has 130 valence electrons. The molecule has 25 heavy (non-hydrogen) atoms. The van der Waals surface area contributed by atoms with Crippen LogP contribution in [0.25, 0.3) is 16.9 Å². The first-order valence-corrected chi connectivity index (χ1v) is 8.43. The second kappa shape index (κ2) is 5.91. The van der Waals surface area contributed by atoms with Crippen molar-refractivity contribution in [3.8, 4) is 11.1 Å². The Bertz CT molecular complexity index is 971. The summed E-state index contributed by atoms with van der Waals surface area (Å²) in [6.07, 6.45) is 2.37. The number of hydrogen-bond donors (Lipinski definition) is 0. The first kappa shape index (κ1) is 16.2. The van der Waals surface area contributed by atoms with E-state index in [0.717, 1.165) is 19.5 Å². The monoisotopic (exact) mass is 363 g/mol. The Balaban J connectivity index is 2.03. The molecule has 0 bridgehead atoms. The molecule has 1 aromatic carbocycles. The lowest BCUT2D eigenvalue weighted by Crippen LogP contribution is -2.24. The molecule has 8 heteroatoms. The van der Waals surface area contributed by atoms with Gasteiger partial charge in [0.25, 0.3) is 5.78 Å². The SMILES string of the molecule is Cc1cc(F)c(-c2c(Cl)nc3ncnn3c2N2CCC(C)C2)cc1F. The highest BCUT2D eigenvalue weighted by atomic mass is 35.5. The minimum Gasteiger partial charge on any atom is -0.356 e. The topological polar surface area (TPSA) is 46.3 Å². The van der Waals surface area contributed by atoms with Gasteiger partial charge in [0.15, 0.2) is 0 Å². The standard InChI is InChI=1S/C17H16ClF2N5/c1-9-3-4-24(7-9)16-14(11-6-12(19)10(2)5-13(11)20)15(18)23-17-21-8-22-25(16)17/h5-6,8-9H,3-4,7H2,1-2H3. The van der Waals surface area contributed by atoms with E-state index in [1.54, 1.807) is 0 Å². The van der Waals surface area contributed by atoms with Gasteiger partial charge in [0.05, 0.1) is 5.56 Å². The summed E-state index contributed by atoms with van der Waals surface area (Å²) in [6.45, 7) is 5.22. The Morgan fingerprint density at radius 2 is 2.04 bits per heavy atom. The van der Waals surface area contributed by atoms with E-state index in [-0.39, 0.29) is 16.3 Å². The molecule has 3 heterocycles. The number of fused-ring (bicyclic) bond motifs is 1. The van der Waals surface area contributed by atoms with Gasteiger partial charge < -0.3 is 4.90 Å². The average Bonchev–Trinajstić information content (AvgIpc) is 3.18. The van der Waals surface area contributed by atoms with Crippen LogP contribution in [0.3, 0.4) is 0 Å². The highest BCUT2D eigenvalue weighted by Gasteiger charge is 2.28. The molecule has 1 aliphatic heterocycles. The van der Waals surface area contributed by atoms with Gasteiger partial charge >= 0.3 is 0 Å². The maximum Gasteiger partial charge on any atom is 0.255 e. The predicted octanol–water partition coefficient (Wildman–Crippen LogP) is 3.88. The van der Waals surface area contributed by atoms with Crippen molar-refractivity contribution in [1.82, 2.24) is 19.6 Å². The molecule has 1 saturated heterocycles. The minimum atomic E-state index is -0.546. The first-order valence-electron chi connectivity index (χ1n) is 8.06. The molecule has 1 fully saturated rings. The van der Waals surface area contributed by atoms with Crippen LogP contribution >= 0.6 is 11.6 Å². The number of benzene rings is 1. The van der Waals surface area contributed by atoms with Crippen LogP contribution in [0.5, 0.6) is 0 Å². The quantitative estimate of drug-likeness (QED) is 0.648. The summed E-state index contributed by atoms with van der Waals surface area (Å²) < 4.78 is 30.3. The molecular weight excluding hydrogens is 348 g/mol. The molecule has 5 nitrogen and oxygen atoms in total. The van der Waals surface area contributed by atoms with Crippen molar-refractivity contribution >= 4 is 23.2 Å². The van der Waals surface area contributed by atoms with Crippen molar-refractivity contribution in [3.05, 3.63) is 40.8 Å². The van der Waals surface area contributed by atoms with Crippen molar-refractivity contribution in [2.75, 3.05) is 18.0 Å². The van der Waals surface area contributed by atoms with E-state index < -0.39 is 11.6 Å². The van der Waals surface area contributed by atoms with Crippen LogP contribution < -0.4 is 4.90 Å². The number of aromatic nitrogens is 4. The number of nitrogens with zero attached hydrogens (tertiary/aromatic N) is 5. The van der Waals surface area contributed by atoms with Crippen molar-refractivity contribution in [2.24, 2.45) is 5.92 Å². The Morgan fingerprint density at radius 1 is 1.24 bits per heavy atom. The molecule has 3 aromatic rings. The summed E-state index contributed by atoms with van der Waals surface area (Å²) >= 11 is 6.37. The maximum atomic E-state index is 14.6. The summed E-state index contributed by atoms with van der Waals surface area (Å²) in [5, 5.41) is 4.29. The highest BCUT2D eigenvalue weighted by Crippen LogP contribution is 2.39. The largest absolute Gasteiger partial charge is 0.356 e. The van der Waals surface area contributed by atoms with Crippen LogP contribution in [0.4, 0.5) is 14.6 Å². The molecule has 0 N–H and O–H groups in total. The third-order valence-corrected chi connectivity index (χ3v) is 4.87. The van der Waals surface area contributed by atoms with Crippen LogP contribution in [0.2, 0.25) is 5.15 Å². The van der Waals surface area contributed by atoms with E-state index in [2.05, 4.69) is 26.9 Å². The van der Waals surface area contributed by atoms with E-state index in [1.807, 2.05) is 0 Å². The second-order valence-corrected chi connectivity index (χ2v) is 6.85. The highest BCUT2D eigenvalue weighted by molar-refractivity contribution is 6.33. The fourth-order valence-electron chi connectivity index (χ4n) is 3.29. The number of rotatable bonds is 2. The molecule has 0 amide bonds. The van der Waals surface area contributed by atoms with Gasteiger partial charge in [0.2, 0.25) is 0 Å². The number of aryl methyl sites for hydroxylation is 1. The third-order valence-electron chi connectivity index (χ3n) is 4.60. The number of halogens is 3. The van der Waals surface area contributed by atoms with E-state index in [0.29, 0.717) is 23.1 Å². The molecule has 2 aromatic heterocycles. The smallest absolute Gasteiger partial charge is 0.255 e. The average molecular weight is 364 g/mol. The van der Waals surface area contributed by atoms with Crippen molar-refractivity contribution < 1.29 is 8.78 Å². The molecule has 0 saturated carbocycles. The van der Waals surface area contributed by atoms with Gasteiger partial charge in [-0.25, -0.2) is 8.78 Å². The lowest BCUT2D eigenvalue weighted by molar-refractivity contribution is 0.595. The van der Waals surface area contributed by atoms with Crippen LogP contribution in [0.15, 0.2) is 18.5 Å². The Kier molecular flexibility index (Phi) is 3.83. The second-order valence-electron chi connectivity index (χ2n) is 6.49. The normalized spacial score (nSPS) is 17.6. The lowest BCUT2D eigenvalue weighted by atomic mass is 10.0. The third kappa shape index (κ3) is 2.63. The fraction of sp³-hybridized carbons (Fsp3) is 0.353. The molecule has 1 aliphatic rings. The van der Waals surface area contributed by atoms with Crippen LogP contribution in [-0.4, -0.2) is 32.7 Å². The zero-order valence-corrected chi connectivity index (χ0v) is 14.6. The molecule has 4 rings (SSSR count).